The highest BCUT2D eigenvalue weighted by molar-refractivity contribution is 5.95. The molecule has 4 fully saturated rings. The van der Waals surface area contributed by atoms with Crippen molar-refractivity contribution >= 4 is 22.6 Å². The van der Waals surface area contributed by atoms with Crippen molar-refractivity contribution in [3.05, 3.63) is 59.7 Å². The number of carbonyl (C=O) groups excluding carboxylic acids is 1. The second-order valence-electron chi connectivity index (χ2n) is 11.3. The number of benzene rings is 1. The van der Waals surface area contributed by atoms with Gasteiger partial charge in [-0.05, 0) is 80.2 Å². The summed E-state index contributed by atoms with van der Waals surface area (Å²) in [6.45, 7) is 2.21. The van der Waals surface area contributed by atoms with Gasteiger partial charge in [-0.3, -0.25) is 4.79 Å². The lowest BCUT2D eigenvalue weighted by Gasteiger charge is -2.57. The molecule has 1 amide bonds. The Hall–Kier alpha value is -3.02. The van der Waals surface area contributed by atoms with Gasteiger partial charge in [0.15, 0.2) is 0 Å². The number of carbonyl (C=O) groups is 1. The third kappa shape index (κ3) is 3.46. The Kier molecular flexibility index (Phi) is 4.64. The van der Waals surface area contributed by atoms with Crippen molar-refractivity contribution in [1.29, 1.82) is 0 Å². The minimum absolute atomic E-state index is 0.0295. The Bertz CT molecular complexity index is 1240. The molecule has 1 N–H and O–H groups in total. The molecular weight excluding hydrogens is 422 g/mol. The summed E-state index contributed by atoms with van der Waals surface area (Å²) in [5.74, 6) is 3.82. The predicted octanol–water partition coefficient (Wildman–Crippen LogP) is 4.85. The van der Waals surface area contributed by atoms with Crippen LogP contribution < -0.4 is 5.32 Å². The van der Waals surface area contributed by atoms with E-state index in [-0.39, 0.29) is 5.91 Å². The number of nitrogens with zero attached hydrogens (tertiary/aromatic N) is 4. The molecule has 2 aromatic heterocycles. The fourth-order valence-electron chi connectivity index (χ4n) is 7.80. The lowest BCUT2D eigenvalue weighted by Crippen LogP contribution is -2.49. The number of nitrogens with one attached hydrogen (secondary N) is 1. The van der Waals surface area contributed by atoms with E-state index in [1.807, 2.05) is 41.3 Å². The first-order valence-electron chi connectivity index (χ1n) is 12.9. The van der Waals surface area contributed by atoms with Crippen molar-refractivity contribution < 1.29 is 4.79 Å². The molecule has 0 spiro atoms. The molecule has 174 valence electrons. The molecule has 5 aliphatic rings. The van der Waals surface area contributed by atoms with E-state index in [0.29, 0.717) is 24.2 Å². The maximum Gasteiger partial charge on any atom is 0.272 e. The van der Waals surface area contributed by atoms with Gasteiger partial charge in [0.1, 0.15) is 17.8 Å². The number of hydrogen-bond acceptors (Lipinski definition) is 5. The lowest BCUT2D eigenvalue weighted by molar-refractivity contribution is -0.0444. The van der Waals surface area contributed by atoms with E-state index < -0.39 is 0 Å². The summed E-state index contributed by atoms with van der Waals surface area (Å²) < 4.78 is 0. The summed E-state index contributed by atoms with van der Waals surface area (Å²) >= 11 is 0. The number of fused-ring (bicyclic) bond motifs is 2. The first kappa shape index (κ1) is 20.4. The second-order valence-corrected chi connectivity index (χ2v) is 11.3. The average Bonchev–Trinajstić information content (AvgIpc) is 2.85. The largest absolute Gasteiger partial charge is 0.369 e. The summed E-state index contributed by atoms with van der Waals surface area (Å²) in [6, 6.07) is 11.7. The molecule has 6 nitrogen and oxygen atoms in total. The van der Waals surface area contributed by atoms with Gasteiger partial charge in [-0.1, -0.05) is 24.3 Å². The maximum absolute atomic E-state index is 13.2. The van der Waals surface area contributed by atoms with Crippen molar-refractivity contribution in [2.45, 2.75) is 51.5 Å². The van der Waals surface area contributed by atoms with Gasteiger partial charge >= 0.3 is 0 Å². The molecule has 0 unspecified atom stereocenters. The van der Waals surface area contributed by atoms with Gasteiger partial charge in [-0.15, -0.1) is 0 Å². The van der Waals surface area contributed by atoms with Gasteiger partial charge in [-0.2, -0.15) is 0 Å². The molecule has 8 rings (SSSR count). The number of hydrogen-bond donors (Lipinski definition) is 1. The fraction of sp³-hybridized carbons (Fsp3) is 0.500. The number of rotatable bonds is 4. The topological polar surface area (TPSA) is 71.0 Å². The third-order valence-electron chi connectivity index (χ3n) is 8.91. The zero-order valence-corrected chi connectivity index (χ0v) is 19.5. The molecule has 6 heteroatoms. The van der Waals surface area contributed by atoms with Crippen molar-refractivity contribution in [2.75, 3.05) is 18.4 Å². The minimum atomic E-state index is -0.0295. The van der Waals surface area contributed by atoms with E-state index in [4.69, 9.17) is 0 Å². The summed E-state index contributed by atoms with van der Waals surface area (Å²) in [7, 11) is 0. The second kappa shape index (κ2) is 7.76. The zero-order chi connectivity index (χ0) is 22.7. The smallest absolute Gasteiger partial charge is 0.272 e. The molecule has 34 heavy (non-hydrogen) atoms. The van der Waals surface area contributed by atoms with Gasteiger partial charge in [0, 0.05) is 24.0 Å². The maximum atomic E-state index is 13.2. The van der Waals surface area contributed by atoms with E-state index in [1.165, 1.54) is 44.1 Å². The molecule has 4 saturated carbocycles. The summed E-state index contributed by atoms with van der Waals surface area (Å²) in [6.07, 6.45) is 11.0. The number of anilines is 1. The lowest BCUT2D eigenvalue weighted by atomic mass is 9.49. The first-order valence-corrected chi connectivity index (χ1v) is 12.9. The monoisotopic (exact) mass is 453 g/mol. The van der Waals surface area contributed by atoms with Crippen LogP contribution in [0.2, 0.25) is 0 Å². The van der Waals surface area contributed by atoms with E-state index >= 15 is 0 Å². The molecule has 0 radical (unpaired) electrons. The van der Waals surface area contributed by atoms with Crippen LogP contribution in [-0.2, 0) is 13.0 Å². The fourth-order valence-corrected chi connectivity index (χ4v) is 7.80. The van der Waals surface area contributed by atoms with Crippen molar-refractivity contribution in [3.63, 3.8) is 0 Å². The van der Waals surface area contributed by atoms with E-state index in [2.05, 4.69) is 20.3 Å². The van der Waals surface area contributed by atoms with E-state index in [9.17, 15) is 4.79 Å². The number of pyridine rings is 1. The molecule has 3 heterocycles. The Labute approximate surface area is 200 Å². The van der Waals surface area contributed by atoms with Gasteiger partial charge in [-0.25, -0.2) is 15.0 Å². The van der Waals surface area contributed by atoms with Crippen molar-refractivity contribution in [3.8, 4) is 0 Å². The number of aromatic nitrogens is 3. The van der Waals surface area contributed by atoms with Crippen LogP contribution >= 0.6 is 0 Å². The Morgan fingerprint density at radius 2 is 1.76 bits per heavy atom. The molecular formula is C28H31N5O. The predicted molar refractivity (Wildman–Crippen MR) is 131 cm³/mol. The van der Waals surface area contributed by atoms with Crippen LogP contribution in [0.4, 0.5) is 5.82 Å². The Morgan fingerprint density at radius 1 is 1.00 bits per heavy atom. The van der Waals surface area contributed by atoms with Crippen LogP contribution in [0, 0.1) is 23.2 Å². The summed E-state index contributed by atoms with van der Waals surface area (Å²) in [5, 5.41) is 4.81. The Balaban J connectivity index is 1.07. The molecule has 0 atom stereocenters. The van der Waals surface area contributed by atoms with Gasteiger partial charge in [0.25, 0.3) is 5.91 Å². The standard InChI is InChI=1S/C28H31N5O/c34-27(24-6-5-21-3-1-2-4-23(21)32-24)33-8-7-22-25(15-33)30-17-31-26(22)29-16-28-12-18-9-19(13-28)11-20(10-18)14-28/h1-6,17-20H,7-16H2,(H,29,30,31). The first-order chi connectivity index (χ1) is 16.6. The van der Waals surface area contributed by atoms with Crippen LogP contribution in [-0.4, -0.2) is 38.8 Å². The molecule has 4 aliphatic carbocycles. The molecule has 1 aromatic carbocycles. The normalized spacial score (nSPS) is 29.3. The van der Waals surface area contributed by atoms with Gasteiger partial charge < -0.3 is 10.2 Å². The van der Waals surface area contributed by atoms with Crippen LogP contribution in [0.15, 0.2) is 42.7 Å². The van der Waals surface area contributed by atoms with Gasteiger partial charge in [0.2, 0.25) is 0 Å². The highest BCUT2D eigenvalue weighted by Crippen LogP contribution is 2.59. The average molecular weight is 454 g/mol. The van der Waals surface area contributed by atoms with Crippen molar-refractivity contribution in [1.82, 2.24) is 19.9 Å². The van der Waals surface area contributed by atoms with E-state index in [0.717, 1.165) is 53.1 Å². The van der Waals surface area contributed by atoms with Gasteiger partial charge in [0.05, 0.1) is 17.8 Å². The van der Waals surface area contributed by atoms with Crippen LogP contribution in [0.25, 0.3) is 10.9 Å². The summed E-state index contributed by atoms with van der Waals surface area (Å²) in [5.41, 5.74) is 3.96. The molecule has 3 aromatic rings. The number of amides is 1. The SMILES string of the molecule is O=C(c1ccc2ccccc2n1)N1CCc2c(ncnc2NCC23CC4CC(CC(C4)C2)C3)C1. The molecule has 1 aliphatic heterocycles. The van der Waals surface area contributed by atoms with Crippen LogP contribution in [0.5, 0.6) is 0 Å². The highest BCUT2D eigenvalue weighted by Gasteiger charge is 2.50. The molecule has 4 bridgehead atoms. The van der Waals surface area contributed by atoms with Crippen LogP contribution in [0.3, 0.4) is 0 Å². The number of para-hydroxylation sites is 1. The zero-order valence-electron chi connectivity index (χ0n) is 19.5. The van der Waals surface area contributed by atoms with E-state index in [1.54, 1.807) is 6.33 Å². The quantitative estimate of drug-likeness (QED) is 0.611. The van der Waals surface area contributed by atoms with Crippen LogP contribution in [0.1, 0.15) is 60.3 Å². The summed E-state index contributed by atoms with van der Waals surface area (Å²) in [4.78, 5) is 28.9. The third-order valence-corrected chi connectivity index (χ3v) is 8.91. The van der Waals surface area contributed by atoms with Crippen molar-refractivity contribution in [2.24, 2.45) is 23.2 Å². The highest BCUT2D eigenvalue weighted by atomic mass is 16.2. The molecule has 0 saturated heterocycles. The Morgan fingerprint density at radius 3 is 2.56 bits per heavy atom. The minimum Gasteiger partial charge on any atom is -0.369 e.